The van der Waals surface area contributed by atoms with E-state index in [1.807, 2.05) is 6.92 Å². The number of hydrogen-bond donors (Lipinski definition) is 1. The SMILES string of the molecule is CCn1c(-c2ccc([N+](=O)[O-])cc2F)n[nH]c1=S. The number of non-ortho nitro benzene ring substituents is 1. The molecule has 2 rings (SSSR count). The summed E-state index contributed by atoms with van der Waals surface area (Å²) in [6.45, 7) is 2.37. The largest absolute Gasteiger partial charge is 0.300 e. The quantitative estimate of drug-likeness (QED) is 0.527. The third-order valence-electron chi connectivity index (χ3n) is 2.48. The summed E-state index contributed by atoms with van der Waals surface area (Å²) in [6, 6.07) is 3.42. The normalized spacial score (nSPS) is 10.6. The molecule has 0 fully saturated rings. The second-order valence-electron chi connectivity index (χ2n) is 3.52. The number of aromatic amines is 1. The number of hydrogen-bond acceptors (Lipinski definition) is 4. The molecule has 1 N–H and O–H groups in total. The molecule has 0 aliphatic rings. The molecule has 0 unspecified atom stereocenters. The van der Waals surface area contributed by atoms with Gasteiger partial charge in [-0.25, -0.2) is 4.39 Å². The molecule has 1 aromatic heterocycles. The van der Waals surface area contributed by atoms with Crippen molar-refractivity contribution < 1.29 is 9.31 Å². The van der Waals surface area contributed by atoms with Crippen LogP contribution >= 0.6 is 12.2 Å². The van der Waals surface area contributed by atoms with E-state index in [1.54, 1.807) is 4.57 Å². The Morgan fingerprint density at radius 3 is 2.89 bits per heavy atom. The van der Waals surface area contributed by atoms with Gasteiger partial charge in [0.05, 0.1) is 16.6 Å². The van der Waals surface area contributed by atoms with Crippen LogP contribution in [0.5, 0.6) is 0 Å². The van der Waals surface area contributed by atoms with Gasteiger partial charge in [-0.2, -0.15) is 5.10 Å². The third kappa shape index (κ3) is 2.02. The number of aromatic nitrogens is 3. The van der Waals surface area contributed by atoms with E-state index in [-0.39, 0.29) is 11.3 Å². The standard InChI is InChI=1S/C10H9FN4O2S/c1-2-14-9(12-13-10(14)18)7-4-3-6(15(16)17)5-8(7)11/h3-5H,2H2,1H3,(H,13,18). The summed E-state index contributed by atoms with van der Waals surface area (Å²) in [5.41, 5.74) is -0.122. The van der Waals surface area contributed by atoms with Gasteiger partial charge in [0, 0.05) is 12.6 Å². The summed E-state index contributed by atoms with van der Waals surface area (Å²) >= 11 is 5.00. The molecule has 1 heterocycles. The number of nitrogens with zero attached hydrogens (tertiary/aromatic N) is 3. The highest BCUT2D eigenvalue weighted by molar-refractivity contribution is 7.71. The topological polar surface area (TPSA) is 76.8 Å². The van der Waals surface area contributed by atoms with Crippen LogP contribution in [0.3, 0.4) is 0 Å². The highest BCUT2D eigenvalue weighted by Crippen LogP contribution is 2.24. The van der Waals surface area contributed by atoms with E-state index in [0.29, 0.717) is 17.1 Å². The molecule has 1 aromatic carbocycles. The van der Waals surface area contributed by atoms with Crippen molar-refractivity contribution >= 4 is 17.9 Å². The van der Waals surface area contributed by atoms with Gasteiger partial charge in [0.15, 0.2) is 10.6 Å². The van der Waals surface area contributed by atoms with E-state index in [4.69, 9.17) is 12.2 Å². The lowest BCUT2D eigenvalue weighted by molar-refractivity contribution is -0.385. The molecule has 0 bridgehead atoms. The fraction of sp³-hybridized carbons (Fsp3) is 0.200. The monoisotopic (exact) mass is 268 g/mol. The summed E-state index contributed by atoms with van der Waals surface area (Å²) in [6.07, 6.45) is 0. The summed E-state index contributed by atoms with van der Waals surface area (Å²) in [4.78, 5) is 9.87. The van der Waals surface area contributed by atoms with Crippen molar-refractivity contribution in [3.8, 4) is 11.4 Å². The van der Waals surface area contributed by atoms with E-state index < -0.39 is 10.7 Å². The minimum Gasteiger partial charge on any atom is -0.300 e. The number of rotatable bonds is 3. The maximum atomic E-state index is 13.8. The number of H-pyrrole nitrogens is 1. The lowest BCUT2D eigenvalue weighted by Crippen LogP contribution is -2.00. The number of nitro benzene ring substituents is 1. The van der Waals surface area contributed by atoms with Crippen LogP contribution in [0.1, 0.15) is 6.92 Å². The number of halogens is 1. The van der Waals surface area contributed by atoms with Crippen LogP contribution in [0, 0.1) is 20.7 Å². The van der Waals surface area contributed by atoms with Gasteiger partial charge in [0.1, 0.15) is 5.82 Å². The van der Waals surface area contributed by atoms with E-state index >= 15 is 0 Å². The van der Waals surface area contributed by atoms with Crippen LogP contribution < -0.4 is 0 Å². The van der Waals surface area contributed by atoms with Crippen LogP contribution in [0.15, 0.2) is 18.2 Å². The average molecular weight is 268 g/mol. The highest BCUT2D eigenvalue weighted by atomic mass is 32.1. The van der Waals surface area contributed by atoms with Crippen molar-refractivity contribution in [1.82, 2.24) is 14.8 Å². The van der Waals surface area contributed by atoms with Crippen molar-refractivity contribution in [3.05, 3.63) is 38.9 Å². The number of nitrogens with one attached hydrogen (secondary N) is 1. The Balaban J connectivity index is 2.58. The Labute approximate surface area is 106 Å². The van der Waals surface area contributed by atoms with Crippen molar-refractivity contribution in [2.24, 2.45) is 0 Å². The predicted molar refractivity (Wildman–Crippen MR) is 65.1 cm³/mol. The Morgan fingerprint density at radius 2 is 2.33 bits per heavy atom. The van der Waals surface area contributed by atoms with Crippen molar-refractivity contribution in [2.75, 3.05) is 0 Å². The molecule has 6 nitrogen and oxygen atoms in total. The fourth-order valence-electron chi connectivity index (χ4n) is 1.62. The first kappa shape index (κ1) is 12.4. The zero-order chi connectivity index (χ0) is 13.3. The maximum Gasteiger partial charge on any atom is 0.272 e. The maximum absolute atomic E-state index is 13.8. The smallest absolute Gasteiger partial charge is 0.272 e. The summed E-state index contributed by atoms with van der Waals surface area (Å²) in [5, 5.41) is 17.0. The highest BCUT2D eigenvalue weighted by Gasteiger charge is 2.16. The van der Waals surface area contributed by atoms with Gasteiger partial charge in [0.25, 0.3) is 5.69 Å². The molecular formula is C10H9FN4O2S. The van der Waals surface area contributed by atoms with Crippen LogP contribution in [-0.2, 0) is 6.54 Å². The first-order chi connectivity index (χ1) is 8.54. The molecule has 0 saturated carbocycles. The molecule has 0 atom stereocenters. The van der Waals surface area contributed by atoms with E-state index in [2.05, 4.69) is 10.2 Å². The van der Waals surface area contributed by atoms with E-state index in [9.17, 15) is 14.5 Å². The zero-order valence-corrected chi connectivity index (χ0v) is 10.2. The van der Waals surface area contributed by atoms with Gasteiger partial charge in [-0.1, -0.05) is 0 Å². The van der Waals surface area contributed by atoms with Gasteiger partial charge in [-0.3, -0.25) is 15.2 Å². The Kier molecular flexibility index (Phi) is 3.19. The Bertz CT molecular complexity index is 664. The number of nitro groups is 1. The number of benzene rings is 1. The van der Waals surface area contributed by atoms with Crippen LogP contribution in [0.2, 0.25) is 0 Å². The predicted octanol–water partition coefficient (Wildman–Crippen LogP) is 2.67. The second-order valence-corrected chi connectivity index (χ2v) is 3.90. The van der Waals surface area contributed by atoms with Crippen LogP contribution in [0.25, 0.3) is 11.4 Å². The van der Waals surface area contributed by atoms with E-state index in [1.165, 1.54) is 12.1 Å². The summed E-state index contributed by atoms with van der Waals surface area (Å²) in [7, 11) is 0. The van der Waals surface area contributed by atoms with Gasteiger partial charge in [0.2, 0.25) is 0 Å². The van der Waals surface area contributed by atoms with Gasteiger partial charge < -0.3 is 4.57 Å². The molecule has 0 aliphatic carbocycles. The van der Waals surface area contributed by atoms with Gasteiger partial charge in [-0.05, 0) is 25.2 Å². The van der Waals surface area contributed by atoms with Crippen molar-refractivity contribution in [3.63, 3.8) is 0 Å². The molecule has 0 aliphatic heterocycles. The van der Waals surface area contributed by atoms with Crippen molar-refractivity contribution in [1.29, 1.82) is 0 Å². The molecule has 2 aromatic rings. The minimum absolute atomic E-state index is 0.176. The second kappa shape index (κ2) is 4.65. The molecule has 0 amide bonds. The summed E-state index contributed by atoms with van der Waals surface area (Å²) in [5.74, 6) is -0.372. The lowest BCUT2D eigenvalue weighted by Gasteiger charge is -2.04. The first-order valence-electron chi connectivity index (χ1n) is 5.14. The molecule has 0 spiro atoms. The molecule has 94 valence electrons. The third-order valence-corrected chi connectivity index (χ3v) is 2.79. The molecular weight excluding hydrogens is 259 g/mol. The van der Waals surface area contributed by atoms with Crippen LogP contribution in [0.4, 0.5) is 10.1 Å². The zero-order valence-electron chi connectivity index (χ0n) is 9.38. The first-order valence-corrected chi connectivity index (χ1v) is 5.55. The minimum atomic E-state index is -0.701. The average Bonchev–Trinajstić information content (AvgIpc) is 2.70. The molecule has 0 saturated heterocycles. The van der Waals surface area contributed by atoms with Crippen LogP contribution in [-0.4, -0.2) is 19.7 Å². The summed E-state index contributed by atoms with van der Waals surface area (Å²) < 4.78 is 15.8. The van der Waals surface area contributed by atoms with Crippen molar-refractivity contribution in [2.45, 2.75) is 13.5 Å². The fourth-order valence-corrected chi connectivity index (χ4v) is 1.88. The van der Waals surface area contributed by atoms with E-state index in [0.717, 1.165) is 6.07 Å². The van der Waals surface area contributed by atoms with Gasteiger partial charge >= 0.3 is 0 Å². The molecule has 18 heavy (non-hydrogen) atoms. The molecule has 0 radical (unpaired) electrons. The Morgan fingerprint density at radius 1 is 1.61 bits per heavy atom. The van der Waals surface area contributed by atoms with Gasteiger partial charge in [-0.15, -0.1) is 0 Å². The molecule has 8 heteroatoms. The lowest BCUT2D eigenvalue weighted by atomic mass is 10.2. The Hall–Kier alpha value is -2.09.